The number of para-hydroxylation sites is 1. The molecule has 4 rings (SSSR count). The normalized spacial score (nSPS) is 16.7. The molecule has 2 amide bonds. The van der Waals surface area contributed by atoms with Crippen LogP contribution < -0.4 is 15.4 Å². The van der Waals surface area contributed by atoms with Crippen molar-refractivity contribution in [3.05, 3.63) is 60.3 Å². The molecule has 0 radical (unpaired) electrons. The Labute approximate surface area is 203 Å². The monoisotopic (exact) mass is 500 g/mol. The molecule has 1 aromatic heterocycles. The summed E-state index contributed by atoms with van der Waals surface area (Å²) in [5.74, 6) is -1.09. The minimum Gasteiger partial charge on any atom is -0.497 e. The molecule has 186 valence electrons. The van der Waals surface area contributed by atoms with E-state index >= 15 is 0 Å². The maximum Gasteiger partial charge on any atom is 0.309 e. The third-order valence-electron chi connectivity index (χ3n) is 5.82. The highest BCUT2D eigenvalue weighted by molar-refractivity contribution is 7.89. The van der Waals surface area contributed by atoms with E-state index in [9.17, 15) is 18.0 Å². The van der Waals surface area contributed by atoms with Crippen molar-refractivity contribution in [2.75, 3.05) is 33.4 Å². The van der Waals surface area contributed by atoms with Gasteiger partial charge in [-0.05, 0) is 48.7 Å². The van der Waals surface area contributed by atoms with E-state index in [0.29, 0.717) is 25.2 Å². The van der Waals surface area contributed by atoms with Crippen LogP contribution in [0.1, 0.15) is 12.0 Å². The molecule has 1 atom stereocenters. The van der Waals surface area contributed by atoms with Crippen molar-refractivity contribution in [3.8, 4) is 5.75 Å². The number of amides is 2. The molecule has 0 unspecified atom stereocenters. The molecule has 1 fully saturated rings. The van der Waals surface area contributed by atoms with Crippen molar-refractivity contribution < 1.29 is 27.5 Å². The van der Waals surface area contributed by atoms with Gasteiger partial charge in [0, 0.05) is 30.2 Å². The standard InChI is InChI=1S/C24H28N4O6S/c1-33-18-7-9-19(10-8-18)35(31,32)28-13-4-14-34-22(28)16-27-24(30)23(29)25-12-11-17-15-26-21-6-3-2-5-20(17)21/h2-3,5-10,15,22,26H,4,11-14,16H2,1H3,(H,25,29)(H,27,30)/t22-/m1/s1. The molecule has 0 bridgehead atoms. The first kappa shape index (κ1) is 24.7. The largest absolute Gasteiger partial charge is 0.497 e. The minimum absolute atomic E-state index is 0.0927. The van der Waals surface area contributed by atoms with Gasteiger partial charge in [-0.15, -0.1) is 0 Å². The fourth-order valence-electron chi connectivity index (χ4n) is 3.98. The molecule has 10 nitrogen and oxygen atoms in total. The maximum atomic E-state index is 13.1. The molecule has 35 heavy (non-hydrogen) atoms. The van der Waals surface area contributed by atoms with E-state index in [1.165, 1.54) is 23.5 Å². The van der Waals surface area contributed by atoms with Crippen molar-refractivity contribution in [3.63, 3.8) is 0 Å². The molecule has 2 aromatic carbocycles. The Morgan fingerprint density at radius 2 is 1.86 bits per heavy atom. The molecule has 3 N–H and O–H groups in total. The number of H-pyrrole nitrogens is 1. The SMILES string of the molecule is COc1ccc(S(=O)(=O)N2CCCO[C@@H]2CNC(=O)C(=O)NCCc2c[nH]c3ccccc23)cc1. The second-order valence-corrected chi connectivity index (χ2v) is 9.94. The fourth-order valence-corrected chi connectivity index (χ4v) is 5.54. The van der Waals surface area contributed by atoms with Gasteiger partial charge in [-0.25, -0.2) is 8.42 Å². The summed E-state index contributed by atoms with van der Waals surface area (Å²) < 4.78 is 38.2. The van der Waals surface area contributed by atoms with Gasteiger partial charge < -0.3 is 25.1 Å². The summed E-state index contributed by atoms with van der Waals surface area (Å²) in [5, 5.41) is 6.16. The van der Waals surface area contributed by atoms with Crippen LogP contribution in [0.5, 0.6) is 5.75 Å². The minimum atomic E-state index is -3.86. The number of hydrogen-bond donors (Lipinski definition) is 3. The number of fused-ring (bicyclic) bond motifs is 1. The van der Waals surface area contributed by atoms with E-state index in [0.717, 1.165) is 16.5 Å². The highest BCUT2D eigenvalue weighted by atomic mass is 32.2. The zero-order valence-corrected chi connectivity index (χ0v) is 20.1. The molecule has 1 aliphatic heterocycles. The van der Waals surface area contributed by atoms with E-state index in [-0.39, 0.29) is 24.5 Å². The van der Waals surface area contributed by atoms with E-state index in [1.54, 1.807) is 12.1 Å². The Bertz CT molecular complexity index is 1290. The van der Waals surface area contributed by atoms with Gasteiger partial charge in [-0.2, -0.15) is 4.31 Å². The molecule has 0 saturated carbocycles. The summed E-state index contributed by atoms with van der Waals surface area (Å²) in [5.41, 5.74) is 2.05. The number of nitrogens with one attached hydrogen (secondary N) is 3. The van der Waals surface area contributed by atoms with Crippen molar-refractivity contribution in [2.45, 2.75) is 24.0 Å². The summed E-state index contributed by atoms with van der Waals surface area (Å²) in [7, 11) is -2.36. The second kappa shape index (κ2) is 10.9. The predicted molar refractivity (Wildman–Crippen MR) is 129 cm³/mol. The quantitative estimate of drug-likeness (QED) is 0.401. The van der Waals surface area contributed by atoms with Crippen LogP contribution in [0.4, 0.5) is 0 Å². The van der Waals surface area contributed by atoms with Crippen LogP contribution >= 0.6 is 0 Å². The Balaban J connectivity index is 1.31. The summed E-state index contributed by atoms with van der Waals surface area (Å²) >= 11 is 0. The smallest absolute Gasteiger partial charge is 0.309 e. The number of ether oxygens (including phenoxy) is 2. The van der Waals surface area contributed by atoms with Gasteiger partial charge in [0.15, 0.2) is 0 Å². The molecule has 1 saturated heterocycles. The number of nitrogens with zero attached hydrogens (tertiary/aromatic N) is 1. The highest BCUT2D eigenvalue weighted by Crippen LogP contribution is 2.24. The van der Waals surface area contributed by atoms with E-state index in [4.69, 9.17) is 9.47 Å². The summed E-state index contributed by atoms with van der Waals surface area (Å²) in [6.07, 6.45) is 2.05. The average molecular weight is 501 g/mol. The number of benzene rings is 2. The van der Waals surface area contributed by atoms with Crippen molar-refractivity contribution in [1.29, 1.82) is 0 Å². The van der Waals surface area contributed by atoms with E-state index in [2.05, 4.69) is 15.6 Å². The molecule has 11 heteroatoms. The topological polar surface area (TPSA) is 130 Å². The first-order chi connectivity index (χ1) is 16.9. The third-order valence-corrected chi connectivity index (χ3v) is 7.72. The van der Waals surface area contributed by atoms with Crippen LogP contribution in [0.15, 0.2) is 59.6 Å². The number of methoxy groups -OCH3 is 1. The molecule has 3 aromatic rings. The van der Waals surface area contributed by atoms with Crippen LogP contribution in [-0.4, -0.2) is 69.1 Å². The van der Waals surface area contributed by atoms with Crippen LogP contribution in [0.25, 0.3) is 10.9 Å². The van der Waals surface area contributed by atoms with Gasteiger partial charge in [0.2, 0.25) is 10.0 Å². The summed E-state index contributed by atoms with van der Waals surface area (Å²) in [6, 6.07) is 13.9. The van der Waals surface area contributed by atoms with Crippen LogP contribution in [0.2, 0.25) is 0 Å². The van der Waals surface area contributed by atoms with Crippen LogP contribution in [0, 0.1) is 0 Å². The van der Waals surface area contributed by atoms with Crippen LogP contribution in [-0.2, 0) is 30.8 Å². The van der Waals surface area contributed by atoms with Gasteiger partial charge in [-0.1, -0.05) is 18.2 Å². The lowest BCUT2D eigenvalue weighted by atomic mass is 10.1. The molecule has 1 aliphatic rings. The number of aromatic nitrogens is 1. The lowest BCUT2D eigenvalue weighted by molar-refractivity contribution is -0.140. The number of carbonyl (C=O) groups is 2. The van der Waals surface area contributed by atoms with E-state index in [1.807, 2.05) is 30.5 Å². The van der Waals surface area contributed by atoms with Gasteiger partial charge in [-0.3, -0.25) is 9.59 Å². The van der Waals surface area contributed by atoms with Crippen molar-refractivity contribution >= 4 is 32.7 Å². The summed E-state index contributed by atoms with van der Waals surface area (Å²) in [6.45, 7) is 0.730. The lowest BCUT2D eigenvalue weighted by Crippen LogP contribution is -2.53. The molecular weight excluding hydrogens is 472 g/mol. The Morgan fingerprint density at radius 3 is 2.63 bits per heavy atom. The predicted octanol–water partition coefficient (Wildman–Crippen LogP) is 1.39. The van der Waals surface area contributed by atoms with Crippen LogP contribution in [0.3, 0.4) is 0 Å². The fraction of sp³-hybridized carbons (Fsp3) is 0.333. The second-order valence-electron chi connectivity index (χ2n) is 8.05. The first-order valence-electron chi connectivity index (χ1n) is 11.3. The Kier molecular flexibility index (Phi) is 7.69. The van der Waals surface area contributed by atoms with E-state index < -0.39 is 28.1 Å². The highest BCUT2D eigenvalue weighted by Gasteiger charge is 2.35. The number of carbonyl (C=O) groups excluding carboxylic acids is 2. The van der Waals surface area contributed by atoms with Crippen molar-refractivity contribution in [1.82, 2.24) is 19.9 Å². The third kappa shape index (κ3) is 5.64. The Hall–Kier alpha value is -3.41. The van der Waals surface area contributed by atoms with Gasteiger partial charge >= 0.3 is 11.8 Å². The van der Waals surface area contributed by atoms with Crippen molar-refractivity contribution in [2.24, 2.45) is 0 Å². The summed E-state index contributed by atoms with van der Waals surface area (Å²) in [4.78, 5) is 27.8. The zero-order valence-electron chi connectivity index (χ0n) is 19.3. The number of aromatic amines is 1. The molecule has 0 spiro atoms. The number of rotatable bonds is 8. The lowest BCUT2D eigenvalue weighted by Gasteiger charge is -2.34. The number of sulfonamides is 1. The van der Waals surface area contributed by atoms with Gasteiger partial charge in [0.25, 0.3) is 0 Å². The zero-order chi connectivity index (χ0) is 24.8. The first-order valence-corrected chi connectivity index (χ1v) is 12.7. The molecule has 2 heterocycles. The molecular formula is C24H28N4O6S. The van der Waals surface area contributed by atoms with Gasteiger partial charge in [0.1, 0.15) is 12.0 Å². The molecule has 0 aliphatic carbocycles. The van der Waals surface area contributed by atoms with Gasteiger partial charge in [0.05, 0.1) is 25.2 Å². The number of hydrogen-bond acceptors (Lipinski definition) is 6. The Morgan fingerprint density at radius 1 is 1.11 bits per heavy atom. The average Bonchev–Trinajstić information content (AvgIpc) is 3.30. The maximum absolute atomic E-state index is 13.1.